The second-order valence-electron chi connectivity index (χ2n) is 4.37. The molecule has 0 aliphatic carbocycles. The molecule has 0 aliphatic rings. The maximum absolute atomic E-state index is 12.2. The van der Waals surface area contributed by atoms with E-state index in [1.54, 1.807) is 37.4 Å². The molecule has 0 spiro atoms. The summed E-state index contributed by atoms with van der Waals surface area (Å²) >= 11 is 0. The molecule has 0 fully saturated rings. The number of hydrogen-bond acceptors (Lipinski definition) is 4. The second kappa shape index (κ2) is 6.23. The maximum atomic E-state index is 12.2. The zero-order chi connectivity index (χ0) is 14.5. The second-order valence-corrected chi connectivity index (χ2v) is 4.37. The summed E-state index contributed by atoms with van der Waals surface area (Å²) in [5.74, 6) is 1.32. The van der Waals surface area contributed by atoms with Crippen LogP contribution in [0, 0.1) is 0 Å². The highest BCUT2D eigenvalue weighted by Crippen LogP contribution is 2.28. The van der Waals surface area contributed by atoms with Crippen LogP contribution in [0.15, 0.2) is 30.6 Å². The smallest absolute Gasteiger partial charge is 0.170 e. The topological polar surface area (TPSA) is 53.4 Å². The summed E-state index contributed by atoms with van der Waals surface area (Å²) in [6.45, 7) is 2.74. The van der Waals surface area contributed by atoms with E-state index in [1.807, 2.05) is 19.1 Å². The van der Waals surface area contributed by atoms with Gasteiger partial charge in [-0.2, -0.15) is 5.10 Å². The number of carbonyl (C=O) groups is 1. The number of aryl methyl sites for hydroxylation is 1. The number of hydrogen-bond donors (Lipinski definition) is 0. The number of ether oxygens (including phenoxy) is 2. The highest BCUT2D eigenvalue weighted by Gasteiger charge is 2.11. The van der Waals surface area contributed by atoms with Crippen LogP contribution in [0.4, 0.5) is 0 Å². The summed E-state index contributed by atoms with van der Waals surface area (Å²) in [6, 6.07) is 5.49. The van der Waals surface area contributed by atoms with E-state index in [0.29, 0.717) is 23.5 Å². The number of aromatic nitrogens is 2. The first-order valence-corrected chi connectivity index (χ1v) is 6.44. The van der Waals surface area contributed by atoms with Gasteiger partial charge in [-0.1, -0.05) is 6.07 Å². The zero-order valence-electron chi connectivity index (χ0n) is 11.9. The molecule has 0 N–H and O–H groups in total. The molecule has 0 radical (unpaired) electrons. The highest BCUT2D eigenvalue weighted by molar-refractivity contribution is 5.97. The number of nitrogens with zero attached hydrogens (tertiary/aromatic N) is 2. The molecule has 0 amide bonds. The van der Waals surface area contributed by atoms with Gasteiger partial charge < -0.3 is 9.47 Å². The van der Waals surface area contributed by atoms with Gasteiger partial charge in [0.1, 0.15) is 0 Å². The highest BCUT2D eigenvalue weighted by atomic mass is 16.5. The Morgan fingerprint density at radius 1 is 1.25 bits per heavy atom. The number of ketones is 1. The average Bonchev–Trinajstić information content (AvgIpc) is 2.96. The quantitative estimate of drug-likeness (QED) is 0.759. The SMILES string of the molecule is CCn1cc(C(=O)Cc2ccc(OC)c(OC)c2)cn1. The lowest BCUT2D eigenvalue weighted by molar-refractivity contribution is 0.0993. The molecule has 20 heavy (non-hydrogen) atoms. The molecular weight excluding hydrogens is 256 g/mol. The van der Waals surface area contributed by atoms with Crippen LogP contribution < -0.4 is 9.47 Å². The molecule has 0 saturated heterocycles. The van der Waals surface area contributed by atoms with E-state index in [4.69, 9.17) is 9.47 Å². The van der Waals surface area contributed by atoms with Crippen molar-refractivity contribution in [2.75, 3.05) is 14.2 Å². The predicted octanol–water partition coefficient (Wildman–Crippen LogP) is 2.35. The van der Waals surface area contributed by atoms with Crippen LogP contribution in [0.2, 0.25) is 0 Å². The molecule has 1 aromatic carbocycles. The largest absolute Gasteiger partial charge is 0.493 e. The summed E-state index contributed by atoms with van der Waals surface area (Å²) in [7, 11) is 3.16. The van der Waals surface area contributed by atoms with Gasteiger partial charge in [-0.15, -0.1) is 0 Å². The summed E-state index contributed by atoms with van der Waals surface area (Å²) in [4.78, 5) is 12.2. The molecule has 5 heteroatoms. The Kier molecular flexibility index (Phi) is 4.40. The van der Waals surface area contributed by atoms with Gasteiger partial charge in [-0.05, 0) is 24.6 Å². The van der Waals surface area contributed by atoms with Crippen molar-refractivity contribution in [3.8, 4) is 11.5 Å². The molecule has 0 bridgehead atoms. The predicted molar refractivity (Wildman–Crippen MR) is 75.5 cm³/mol. The number of methoxy groups -OCH3 is 2. The van der Waals surface area contributed by atoms with E-state index in [-0.39, 0.29) is 5.78 Å². The van der Waals surface area contributed by atoms with Crippen LogP contribution in [0.1, 0.15) is 22.8 Å². The maximum Gasteiger partial charge on any atom is 0.170 e. The van der Waals surface area contributed by atoms with Gasteiger partial charge in [-0.3, -0.25) is 9.48 Å². The van der Waals surface area contributed by atoms with Crippen molar-refractivity contribution in [1.82, 2.24) is 9.78 Å². The van der Waals surface area contributed by atoms with Crippen molar-refractivity contribution in [2.24, 2.45) is 0 Å². The van der Waals surface area contributed by atoms with Crippen LogP contribution >= 0.6 is 0 Å². The normalized spacial score (nSPS) is 10.3. The lowest BCUT2D eigenvalue weighted by Gasteiger charge is -2.08. The van der Waals surface area contributed by atoms with Crippen LogP contribution in [0.25, 0.3) is 0 Å². The number of carbonyl (C=O) groups excluding carboxylic acids is 1. The Morgan fingerprint density at radius 3 is 2.60 bits per heavy atom. The lowest BCUT2D eigenvalue weighted by Crippen LogP contribution is -2.03. The van der Waals surface area contributed by atoms with Crippen molar-refractivity contribution in [1.29, 1.82) is 0 Å². The third-order valence-corrected chi connectivity index (χ3v) is 3.09. The van der Waals surface area contributed by atoms with Gasteiger partial charge in [0.05, 0.1) is 26.0 Å². The summed E-state index contributed by atoms with van der Waals surface area (Å²) in [5.41, 5.74) is 1.51. The van der Waals surface area contributed by atoms with E-state index in [9.17, 15) is 4.79 Å². The Bertz CT molecular complexity index is 605. The van der Waals surface area contributed by atoms with Crippen molar-refractivity contribution >= 4 is 5.78 Å². The van der Waals surface area contributed by atoms with Gasteiger partial charge >= 0.3 is 0 Å². The standard InChI is InChI=1S/C15H18N2O3/c1-4-17-10-12(9-16-17)13(18)7-11-5-6-14(19-2)15(8-11)20-3/h5-6,8-10H,4,7H2,1-3H3. The summed E-state index contributed by atoms with van der Waals surface area (Å²) in [5, 5.41) is 4.11. The van der Waals surface area contributed by atoms with E-state index in [2.05, 4.69) is 5.10 Å². The van der Waals surface area contributed by atoms with E-state index >= 15 is 0 Å². The van der Waals surface area contributed by atoms with Crippen LogP contribution in [0.5, 0.6) is 11.5 Å². The number of Topliss-reactive ketones (excluding diaryl/α,β-unsaturated/α-hetero) is 1. The van der Waals surface area contributed by atoms with Crippen molar-refractivity contribution in [2.45, 2.75) is 19.9 Å². The molecule has 1 heterocycles. The van der Waals surface area contributed by atoms with Gasteiger partial charge in [0, 0.05) is 19.2 Å². The monoisotopic (exact) mass is 274 g/mol. The molecule has 0 unspecified atom stereocenters. The van der Waals surface area contributed by atoms with Crippen LogP contribution in [0.3, 0.4) is 0 Å². The van der Waals surface area contributed by atoms with E-state index in [0.717, 1.165) is 12.1 Å². The fourth-order valence-electron chi connectivity index (χ4n) is 1.96. The van der Waals surface area contributed by atoms with E-state index in [1.165, 1.54) is 0 Å². The Hall–Kier alpha value is -2.30. The van der Waals surface area contributed by atoms with Gasteiger partial charge in [-0.25, -0.2) is 0 Å². The minimum atomic E-state index is 0.0388. The summed E-state index contributed by atoms with van der Waals surface area (Å²) in [6.07, 6.45) is 3.69. The first-order chi connectivity index (χ1) is 9.67. The first-order valence-electron chi connectivity index (χ1n) is 6.44. The third-order valence-electron chi connectivity index (χ3n) is 3.09. The molecule has 0 saturated carbocycles. The zero-order valence-corrected chi connectivity index (χ0v) is 11.9. The molecule has 2 aromatic rings. The van der Waals surface area contributed by atoms with Crippen molar-refractivity contribution < 1.29 is 14.3 Å². The molecule has 5 nitrogen and oxygen atoms in total. The average molecular weight is 274 g/mol. The fourth-order valence-corrected chi connectivity index (χ4v) is 1.96. The Balaban J connectivity index is 2.15. The molecule has 1 aromatic heterocycles. The Morgan fingerprint density at radius 2 is 2.00 bits per heavy atom. The first kappa shape index (κ1) is 14.1. The molecule has 106 valence electrons. The van der Waals surface area contributed by atoms with Crippen LogP contribution in [-0.2, 0) is 13.0 Å². The number of benzene rings is 1. The lowest BCUT2D eigenvalue weighted by atomic mass is 10.1. The minimum Gasteiger partial charge on any atom is -0.493 e. The fraction of sp³-hybridized carbons (Fsp3) is 0.333. The summed E-state index contributed by atoms with van der Waals surface area (Å²) < 4.78 is 12.1. The van der Waals surface area contributed by atoms with Crippen molar-refractivity contribution in [3.05, 3.63) is 41.7 Å². The molecule has 0 aliphatic heterocycles. The van der Waals surface area contributed by atoms with E-state index < -0.39 is 0 Å². The van der Waals surface area contributed by atoms with Crippen molar-refractivity contribution in [3.63, 3.8) is 0 Å². The van der Waals surface area contributed by atoms with Gasteiger partial charge in [0.25, 0.3) is 0 Å². The molecule has 0 atom stereocenters. The molecular formula is C15H18N2O3. The van der Waals surface area contributed by atoms with Crippen LogP contribution in [-0.4, -0.2) is 29.8 Å². The minimum absolute atomic E-state index is 0.0388. The Labute approximate surface area is 118 Å². The van der Waals surface area contributed by atoms with Gasteiger partial charge in [0.15, 0.2) is 17.3 Å². The third kappa shape index (κ3) is 2.99. The van der Waals surface area contributed by atoms with Gasteiger partial charge in [0.2, 0.25) is 0 Å². The number of rotatable bonds is 6. The molecule has 2 rings (SSSR count).